The molecule has 2 aliphatic rings. The van der Waals surface area contributed by atoms with Crippen LogP contribution in [0, 0.1) is 0 Å². The number of sulfonamides is 1. The highest BCUT2D eigenvalue weighted by Gasteiger charge is 2.30. The zero-order valence-electron chi connectivity index (χ0n) is 14.6. The number of anilines is 2. The molecule has 0 unspecified atom stereocenters. The smallest absolute Gasteiger partial charge is 0.252 e. The number of thiophene rings is 1. The van der Waals surface area contributed by atoms with Gasteiger partial charge in [-0.2, -0.15) is 4.31 Å². The second-order valence-corrected chi connectivity index (χ2v) is 10.2. The lowest BCUT2D eigenvalue weighted by atomic mass is 10.3. The fourth-order valence-corrected chi connectivity index (χ4v) is 6.23. The molecule has 0 spiro atoms. The Bertz CT molecular complexity index is 876. The summed E-state index contributed by atoms with van der Waals surface area (Å²) < 4.78 is 33.0. The van der Waals surface area contributed by atoms with Crippen LogP contribution >= 0.6 is 22.9 Å². The van der Waals surface area contributed by atoms with E-state index >= 15 is 0 Å². The summed E-state index contributed by atoms with van der Waals surface area (Å²) in [5.41, 5.74) is 0. The predicted molar refractivity (Wildman–Crippen MR) is 105 cm³/mol. The van der Waals surface area contributed by atoms with E-state index in [0.717, 1.165) is 36.1 Å². The molecule has 8 nitrogen and oxygen atoms in total. The van der Waals surface area contributed by atoms with Crippen molar-refractivity contribution in [2.45, 2.75) is 4.21 Å². The lowest BCUT2D eigenvalue weighted by molar-refractivity contribution is 0.122. The molecule has 0 radical (unpaired) electrons. The summed E-state index contributed by atoms with van der Waals surface area (Å²) in [6.07, 6.45) is 0. The van der Waals surface area contributed by atoms with Gasteiger partial charge in [0.15, 0.2) is 11.6 Å². The number of morpholine rings is 1. The minimum absolute atomic E-state index is 0.288. The van der Waals surface area contributed by atoms with Crippen molar-refractivity contribution < 1.29 is 13.2 Å². The molecule has 11 heteroatoms. The summed E-state index contributed by atoms with van der Waals surface area (Å²) in [6, 6.07) is 7.08. The third kappa shape index (κ3) is 4.04. The number of ether oxygens (including phenoxy) is 1. The highest BCUT2D eigenvalue weighted by molar-refractivity contribution is 7.91. The van der Waals surface area contributed by atoms with Crippen LogP contribution in [0.5, 0.6) is 0 Å². The van der Waals surface area contributed by atoms with E-state index in [0.29, 0.717) is 43.7 Å². The van der Waals surface area contributed by atoms with Crippen molar-refractivity contribution in [1.29, 1.82) is 0 Å². The fourth-order valence-electron chi connectivity index (χ4n) is 3.17. The van der Waals surface area contributed by atoms with E-state index in [1.807, 2.05) is 12.1 Å². The third-order valence-electron chi connectivity index (χ3n) is 4.68. The highest BCUT2D eigenvalue weighted by atomic mass is 35.5. The SMILES string of the molecule is O=S(=O)(c1ccc(Cl)s1)N1CCN(c2ccc(N3CCOCC3)nn2)CC1. The average Bonchev–Trinajstić information content (AvgIpc) is 3.16. The van der Waals surface area contributed by atoms with Gasteiger partial charge in [-0.1, -0.05) is 11.6 Å². The van der Waals surface area contributed by atoms with Gasteiger partial charge in [-0.25, -0.2) is 8.42 Å². The number of halogens is 1. The van der Waals surface area contributed by atoms with Gasteiger partial charge >= 0.3 is 0 Å². The van der Waals surface area contributed by atoms with Crippen LogP contribution < -0.4 is 9.80 Å². The van der Waals surface area contributed by atoms with E-state index in [1.54, 1.807) is 12.1 Å². The van der Waals surface area contributed by atoms with Crippen molar-refractivity contribution in [2.75, 3.05) is 62.3 Å². The molecule has 4 rings (SSSR count). The number of hydrogen-bond acceptors (Lipinski definition) is 8. The van der Waals surface area contributed by atoms with E-state index in [2.05, 4.69) is 20.0 Å². The molecule has 2 aromatic rings. The average molecular weight is 430 g/mol. The van der Waals surface area contributed by atoms with Gasteiger partial charge in [0.25, 0.3) is 10.0 Å². The summed E-state index contributed by atoms with van der Waals surface area (Å²) in [4.78, 5) is 4.21. The molecule has 0 atom stereocenters. The molecular formula is C16H20ClN5O3S2. The zero-order valence-corrected chi connectivity index (χ0v) is 17.0. The summed E-state index contributed by atoms with van der Waals surface area (Å²) in [5, 5.41) is 8.67. The monoisotopic (exact) mass is 429 g/mol. The van der Waals surface area contributed by atoms with Gasteiger partial charge in [0.2, 0.25) is 0 Å². The normalized spacial score (nSPS) is 19.4. The number of hydrogen-bond donors (Lipinski definition) is 0. The Hall–Kier alpha value is -1.46. The predicted octanol–water partition coefficient (Wildman–Crippen LogP) is 1.54. The lowest BCUT2D eigenvalue weighted by Crippen LogP contribution is -2.48. The van der Waals surface area contributed by atoms with E-state index < -0.39 is 10.0 Å². The number of piperazine rings is 1. The molecule has 0 bridgehead atoms. The molecule has 2 aromatic heterocycles. The quantitative estimate of drug-likeness (QED) is 0.729. The Morgan fingerprint density at radius 2 is 1.48 bits per heavy atom. The van der Waals surface area contributed by atoms with Gasteiger partial charge in [0, 0.05) is 39.3 Å². The zero-order chi connectivity index (χ0) is 18.9. The maximum Gasteiger partial charge on any atom is 0.252 e. The van der Waals surface area contributed by atoms with Crippen molar-refractivity contribution in [1.82, 2.24) is 14.5 Å². The largest absolute Gasteiger partial charge is 0.378 e. The van der Waals surface area contributed by atoms with E-state index in [4.69, 9.17) is 16.3 Å². The van der Waals surface area contributed by atoms with E-state index in [9.17, 15) is 8.42 Å². The summed E-state index contributed by atoms with van der Waals surface area (Å²) >= 11 is 6.97. The molecule has 2 aliphatic heterocycles. The lowest BCUT2D eigenvalue weighted by Gasteiger charge is -2.34. The second kappa shape index (κ2) is 7.88. The Kier molecular flexibility index (Phi) is 5.51. The first-order valence-electron chi connectivity index (χ1n) is 8.71. The Balaban J connectivity index is 1.39. The fraction of sp³-hybridized carbons (Fsp3) is 0.500. The summed E-state index contributed by atoms with van der Waals surface area (Å²) in [5.74, 6) is 1.61. The summed E-state index contributed by atoms with van der Waals surface area (Å²) in [6.45, 7) is 5.00. The van der Waals surface area contributed by atoms with Crippen LogP contribution in [-0.2, 0) is 14.8 Å². The minimum Gasteiger partial charge on any atom is -0.378 e. The van der Waals surface area contributed by atoms with Gasteiger partial charge in [-0.15, -0.1) is 21.5 Å². The minimum atomic E-state index is -3.48. The maximum atomic E-state index is 12.7. The van der Waals surface area contributed by atoms with Crippen molar-refractivity contribution in [3.8, 4) is 0 Å². The molecule has 0 N–H and O–H groups in total. The van der Waals surface area contributed by atoms with Crippen molar-refractivity contribution in [2.24, 2.45) is 0 Å². The third-order valence-corrected chi connectivity index (χ3v) is 8.27. The molecule has 0 amide bonds. The first-order chi connectivity index (χ1) is 13.0. The molecule has 2 fully saturated rings. The standard InChI is InChI=1S/C16H20ClN5O3S2/c17-13-1-4-16(26-13)27(23,24)22-7-5-20(6-8-22)14-2-3-15(19-18-14)21-9-11-25-12-10-21/h1-4H,5-12H2. The molecule has 0 aliphatic carbocycles. The van der Waals surface area contributed by atoms with Crippen LogP contribution in [0.2, 0.25) is 4.34 Å². The first-order valence-corrected chi connectivity index (χ1v) is 11.3. The summed E-state index contributed by atoms with van der Waals surface area (Å²) in [7, 11) is -3.48. The molecule has 0 saturated carbocycles. The van der Waals surface area contributed by atoms with Crippen molar-refractivity contribution >= 4 is 44.6 Å². The van der Waals surface area contributed by atoms with Gasteiger partial charge in [-0.05, 0) is 24.3 Å². The molecule has 146 valence electrons. The Morgan fingerprint density at radius 3 is 2.00 bits per heavy atom. The highest BCUT2D eigenvalue weighted by Crippen LogP contribution is 2.29. The van der Waals surface area contributed by atoms with Crippen LogP contribution in [0.25, 0.3) is 0 Å². The molecule has 0 aromatic carbocycles. The van der Waals surface area contributed by atoms with Crippen LogP contribution in [0.4, 0.5) is 11.6 Å². The van der Waals surface area contributed by atoms with Gasteiger partial charge in [0.05, 0.1) is 17.6 Å². The Morgan fingerprint density at radius 1 is 0.889 bits per heavy atom. The molecular weight excluding hydrogens is 410 g/mol. The molecule has 2 saturated heterocycles. The van der Waals surface area contributed by atoms with Crippen molar-refractivity contribution in [3.63, 3.8) is 0 Å². The number of nitrogens with zero attached hydrogens (tertiary/aromatic N) is 5. The van der Waals surface area contributed by atoms with Gasteiger partial charge < -0.3 is 14.5 Å². The molecule has 4 heterocycles. The van der Waals surface area contributed by atoms with Crippen LogP contribution in [0.1, 0.15) is 0 Å². The Labute approximate surface area is 167 Å². The van der Waals surface area contributed by atoms with Crippen molar-refractivity contribution in [3.05, 3.63) is 28.6 Å². The van der Waals surface area contributed by atoms with Gasteiger partial charge in [0.1, 0.15) is 4.21 Å². The maximum absolute atomic E-state index is 12.7. The van der Waals surface area contributed by atoms with Crippen LogP contribution in [-0.4, -0.2) is 75.4 Å². The van der Waals surface area contributed by atoms with E-state index in [1.165, 1.54) is 4.31 Å². The van der Waals surface area contributed by atoms with Crippen LogP contribution in [0.3, 0.4) is 0 Å². The van der Waals surface area contributed by atoms with Gasteiger partial charge in [-0.3, -0.25) is 0 Å². The van der Waals surface area contributed by atoms with E-state index in [-0.39, 0.29) is 4.21 Å². The first kappa shape index (κ1) is 18.9. The topological polar surface area (TPSA) is 78.9 Å². The number of aromatic nitrogens is 2. The van der Waals surface area contributed by atoms with Crippen LogP contribution in [0.15, 0.2) is 28.5 Å². The number of rotatable bonds is 4. The molecule has 27 heavy (non-hydrogen) atoms. The second-order valence-electron chi connectivity index (χ2n) is 6.30.